The third-order valence-corrected chi connectivity index (χ3v) is 2.64. The lowest BCUT2D eigenvalue weighted by molar-refractivity contribution is 0.0113. The summed E-state index contributed by atoms with van der Waals surface area (Å²) < 4.78 is 28.4. The van der Waals surface area contributed by atoms with Crippen molar-refractivity contribution >= 4 is 0 Å². The van der Waals surface area contributed by atoms with Crippen LogP contribution in [-0.4, -0.2) is 56.3 Å². The lowest BCUT2D eigenvalue weighted by atomic mass is 10.2. The van der Waals surface area contributed by atoms with E-state index in [4.69, 9.17) is 4.74 Å². The SMILES string of the molecule is CC(C)NC1CCN(CCOCC(F)F)C1. The first-order valence-corrected chi connectivity index (χ1v) is 5.92. The Morgan fingerprint density at radius 2 is 2.19 bits per heavy atom. The molecule has 1 unspecified atom stereocenters. The molecule has 0 bridgehead atoms. The maximum Gasteiger partial charge on any atom is 0.261 e. The average molecular weight is 236 g/mol. The third-order valence-electron chi connectivity index (χ3n) is 2.64. The summed E-state index contributed by atoms with van der Waals surface area (Å²) in [4.78, 5) is 2.26. The van der Waals surface area contributed by atoms with Crippen molar-refractivity contribution in [2.75, 3.05) is 32.8 Å². The van der Waals surface area contributed by atoms with Crippen LogP contribution in [0, 0.1) is 0 Å². The largest absolute Gasteiger partial charge is 0.374 e. The van der Waals surface area contributed by atoms with E-state index in [9.17, 15) is 8.78 Å². The number of nitrogens with zero attached hydrogens (tertiary/aromatic N) is 1. The monoisotopic (exact) mass is 236 g/mol. The van der Waals surface area contributed by atoms with Crippen LogP contribution in [-0.2, 0) is 4.74 Å². The Bertz CT molecular complexity index is 191. The standard InChI is InChI=1S/C11H22F2N2O/c1-9(2)14-10-3-4-15(7-10)5-6-16-8-11(12)13/h9-11,14H,3-8H2,1-2H3. The van der Waals surface area contributed by atoms with E-state index in [2.05, 4.69) is 24.1 Å². The van der Waals surface area contributed by atoms with Crippen molar-refractivity contribution in [2.24, 2.45) is 0 Å². The van der Waals surface area contributed by atoms with Crippen molar-refractivity contribution in [3.05, 3.63) is 0 Å². The molecule has 16 heavy (non-hydrogen) atoms. The number of nitrogens with one attached hydrogen (secondary N) is 1. The molecule has 5 heteroatoms. The Morgan fingerprint density at radius 1 is 1.44 bits per heavy atom. The Balaban J connectivity index is 2.03. The Hall–Kier alpha value is -0.260. The van der Waals surface area contributed by atoms with Gasteiger partial charge < -0.3 is 10.1 Å². The van der Waals surface area contributed by atoms with Crippen molar-refractivity contribution in [3.8, 4) is 0 Å². The van der Waals surface area contributed by atoms with E-state index in [0.29, 0.717) is 18.7 Å². The van der Waals surface area contributed by atoms with Crippen molar-refractivity contribution in [3.63, 3.8) is 0 Å². The van der Waals surface area contributed by atoms with Gasteiger partial charge in [0.25, 0.3) is 6.43 Å². The fourth-order valence-electron chi connectivity index (χ4n) is 2.01. The summed E-state index contributed by atoms with van der Waals surface area (Å²) >= 11 is 0. The second kappa shape index (κ2) is 7.14. The van der Waals surface area contributed by atoms with Gasteiger partial charge >= 0.3 is 0 Å². The fraction of sp³-hybridized carbons (Fsp3) is 1.00. The zero-order chi connectivity index (χ0) is 12.0. The Morgan fingerprint density at radius 3 is 2.81 bits per heavy atom. The molecule has 96 valence electrons. The van der Waals surface area contributed by atoms with E-state index in [1.807, 2.05) is 0 Å². The number of alkyl halides is 2. The van der Waals surface area contributed by atoms with Gasteiger partial charge in [-0.15, -0.1) is 0 Å². The highest BCUT2D eigenvalue weighted by molar-refractivity contribution is 4.81. The van der Waals surface area contributed by atoms with E-state index >= 15 is 0 Å². The highest BCUT2D eigenvalue weighted by Gasteiger charge is 2.22. The quantitative estimate of drug-likeness (QED) is 0.675. The smallest absolute Gasteiger partial charge is 0.261 e. The lowest BCUT2D eigenvalue weighted by Gasteiger charge is -2.18. The van der Waals surface area contributed by atoms with Gasteiger partial charge in [0, 0.05) is 25.2 Å². The Labute approximate surface area is 96.1 Å². The van der Waals surface area contributed by atoms with Gasteiger partial charge in [-0.2, -0.15) is 0 Å². The van der Waals surface area contributed by atoms with Crippen LogP contribution >= 0.6 is 0 Å². The number of ether oxygens (including phenoxy) is 1. The summed E-state index contributed by atoms with van der Waals surface area (Å²) in [5.41, 5.74) is 0. The minimum atomic E-state index is -2.35. The summed E-state index contributed by atoms with van der Waals surface area (Å²) in [5, 5.41) is 3.48. The summed E-state index contributed by atoms with van der Waals surface area (Å²) in [6, 6.07) is 1.04. The molecule has 1 saturated heterocycles. The zero-order valence-electron chi connectivity index (χ0n) is 10.1. The number of rotatable bonds is 7. The highest BCUT2D eigenvalue weighted by Crippen LogP contribution is 2.09. The van der Waals surface area contributed by atoms with Gasteiger partial charge in [0.05, 0.1) is 6.61 Å². The molecule has 0 radical (unpaired) electrons. The van der Waals surface area contributed by atoms with Gasteiger partial charge in [-0.1, -0.05) is 13.8 Å². The van der Waals surface area contributed by atoms with E-state index in [1.54, 1.807) is 0 Å². The zero-order valence-corrected chi connectivity index (χ0v) is 10.1. The molecule has 1 aliphatic heterocycles. The minimum Gasteiger partial charge on any atom is -0.374 e. The number of hydrogen-bond donors (Lipinski definition) is 1. The second-order valence-electron chi connectivity index (χ2n) is 4.57. The average Bonchev–Trinajstić information content (AvgIpc) is 2.59. The molecule has 0 aromatic carbocycles. The molecule has 0 saturated carbocycles. The molecule has 1 aliphatic rings. The van der Waals surface area contributed by atoms with Gasteiger partial charge in [-0.05, 0) is 13.0 Å². The predicted octanol–water partition coefficient (Wildman–Crippen LogP) is 1.34. The van der Waals surface area contributed by atoms with Crippen molar-refractivity contribution in [1.29, 1.82) is 0 Å². The van der Waals surface area contributed by atoms with Gasteiger partial charge in [-0.25, -0.2) is 8.78 Å². The molecule has 1 rings (SSSR count). The number of halogens is 2. The van der Waals surface area contributed by atoms with Crippen LogP contribution in [0.25, 0.3) is 0 Å². The van der Waals surface area contributed by atoms with Crippen molar-refractivity contribution in [2.45, 2.75) is 38.8 Å². The first kappa shape index (κ1) is 13.8. The number of hydrogen-bond acceptors (Lipinski definition) is 3. The maximum absolute atomic E-state index is 11.8. The predicted molar refractivity (Wildman–Crippen MR) is 59.9 cm³/mol. The molecular weight excluding hydrogens is 214 g/mol. The summed E-state index contributed by atoms with van der Waals surface area (Å²) in [6.45, 7) is 7.00. The van der Waals surface area contributed by atoms with Crippen LogP contribution in [0.3, 0.4) is 0 Å². The van der Waals surface area contributed by atoms with E-state index < -0.39 is 13.0 Å². The molecule has 1 atom stereocenters. The molecule has 0 amide bonds. The first-order chi connectivity index (χ1) is 7.58. The van der Waals surface area contributed by atoms with E-state index in [0.717, 1.165) is 26.1 Å². The van der Waals surface area contributed by atoms with Gasteiger partial charge in [0.1, 0.15) is 6.61 Å². The lowest BCUT2D eigenvalue weighted by Crippen LogP contribution is -2.37. The molecule has 3 nitrogen and oxygen atoms in total. The molecule has 0 aliphatic carbocycles. The molecule has 0 aromatic rings. The minimum absolute atomic E-state index is 0.402. The van der Waals surface area contributed by atoms with Crippen molar-refractivity contribution in [1.82, 2.24) is 10.2 Å². The van der Waals surface area contributed by atoms with Gasteiger partial charge in [0.2, 0.25) is 0 Å². The summed E-state index contributed by atoms with van der Waals surface area (Å²) in [7, 11) is 0. The van der Waals surface area contributed by atoms with E-state index in [-0.39, 0.29) is 0 Å². The first-order valence-electron chi connectivity index (χ1n) is 5.92. The molecule has 0 aromatic heterocycles. The highest BCUT2D eigenvalue weighted by atomic mass is 19.3. The van der Waals surface area contributed by atoms with Gasteiger partial charge in [0.15, 0.2) is 0 Å². The van der Waals surface area contributed by atoms with Crippen LogP contribution in [0.2, 0.25) is 0 Å². The molecular formula is C11H22F2N2O. The van der Waals surface area contributed by atoms with Crippen LogP contribution in [0.5, 0.6) is 0 Å². The molecule has 1 heterocycles. The third kappa shape index (κ3) is 5.72. The van der Waals surface area contributed by atoms with Crippen LogP contribution in [0.4, 0.5) is 8.78 Å². The summed E-state index contributed by atoms with van der Waals surface area (Å²) in [6.07, 6.45) is -1.22. The molecule has 1 N–H and O–H groups in total. The number of likely N-dealkylation sites (tertiary alicyclic amines) is 1. The van der Waals surface area contributed by atoms with E-state index in [1.165, 1.54) is 0 Å². The molecule has 0 spiro atoms. The topological polar surface area (TPSA) is 24.5 Å². The van der Waals surface area contributed by atoms with Crippen LogP contribution in [0.1, 0.15) is 20.3 Å². The van der Waals surface area contributed by atoms with Crippen LogP contribution < -0.4 is 5.32 Å². The molecule has 1 fully saturated rings. The Kier molecular flexibility index (Phi) is 6.16. The van der Waals surface area contributed by atoms with Crippen LogP contribution in [0.15, 0.2) is 0 Å². The maximum atomic E-state index is 11.8. The summed E-state index contributed by atoms with van der Waals surface area (Å²) in [5.74, 6) is 0. The normalized spacial score (nSPS) is 22.5. The van der Waals surface area contributed by atoms with Crippen molar-refractivity contribution < 1.29 is 13.5 Å². The van der Waals surface area contributed by atoms with Gasteiger partial charge in [-0.3, -0.25) is 4.90 Å². The second-order valence-corrected chi connectivity index (χ2v) is 4.57. The fourth-order valence-corrected chi connectivity index (χ4v) is 2.01.